The first-order chi connectivity index (χ1) is 23.6. The van der Waals surface area contributed by atoms with Crippen LogP contribution in [0.5, 0.6) is 0 Å². The van der Waals surface area contributed by atoms with Crippen LogP contribution in [-0.2, 0) is 37.5 Å². The van der Waals surface area contributed by atoms with Crippen molar-refractivity contribution in [3.8, 4) is 0 Å². The summed E-state index contributed by atoms with van der Waals surface area (Å²) >= 11 is 0. The number of ether oxygens (including phenoxy) is 2. The highest BCUT2D eigenvalue weighted by Crippen LogP contribution is 2.43. The number of carboxylic acids is 1. The van der Waals surface area contributed by atoms with E-state index in [4.69, 9.17) is 24.8 Å². The van der Waals surface area contributed by atoms with Crippen LogP contribution in [0.4, 0.5) is 0 Å². The molecule has 0 heterocycles. The number of hydrogen-bond acceptors (Lipinski definition) is 9. The molecule has 4 N–H and O–H groups in total. The summed E-state index contributed by atoms with van der Waals surface area (Å²) in [6.45, 7) is 2.74. The number of hydrogen-bond donors (Lipinski definition) is 3. The Morgan fingerprint density at radius 1 is 0.612 bits per heavy atom. The molecule has 0 saturated heterocycles. The minimum Gasteiger partial charge on any atom is -0.480 e. The number of phosphoric ester groups is 1. The highest BCUT2D eigenvalue weighted by molar-refractivity contribution is 7.47. The van der Waals surface area contributed by atoms with Crippen molar-refractivity contribution in [2.24, 2.45) is 5.73 Å². The second-order valence-corrected chi connectivity index (χ2v) is 14.5. The summed E-state index contributed by atoms with van der Waals surface area (Å²) in [5, 5.41) is 8.85. The van der Waals surface area contributed by atoms with Gasteiger partial charge in [0.05, 0.1) is 13.2 Å². The highest BCUT2D eigenvalue weighted by atomic mass is 31.2. The summed E-state index contributed by atoms with van der Waals surface area (Å²) in [7, 11) is -4.70. The third-order valence-electron chi connectivity index (χ3n) is 8.26. The summed E-state index contributed by atoms with van der Waals surface area (Å²) in [5.74, 6) is -2.38. The third kappa shape index (κ3) is 33.1. The van der Waals surface area contributed by atoms with E-state index in [2.05, 4.69) is 30.5 Å². The van der Waals surface area contributed by atoms with E-state index in [9.17, 15) is 23.8 Å². The van der Waals surface area contributed by atoms with Crippen molar-refractivity contribution in [2.45, 2.75) is 187 Å². The zero-order chi connectivity index (χ0) is 36.4. The molecule has 0 aliphatic carbocycles. The van der Waals surface area contributed by atoms with Crippen molar-refractivity contribution in [3.63, 3.8) is 0 Å². The van der Waals surface area contributed by atoms with Gasteiger partial charge in [0, 0.05) is 12.8 Å². The Bertz CT molecular complexity index is 900. The van der Waals surface area contributed by atoms with E-state index in [1.807, 2.05) is 0 Å². The summed E-state index contributed by atoms with van der Waals surface area (Å²) in [5.41, 5.74) is 5.31. The number of rotatable bonds is 36. The molecule has 288 valence electrons. The standard InChI is InChI=1S/C37H70NO10P/c1-3-5-7-9-11-13-15-16-17-19-20-22-24-26-28-35(39)45-30-33(31-46-49(43,44)47-32-34(38)37(41)42)48-36(40)29-27-25-23-21-18-14-12-10-8-6-4-2/h10,12,33-34H,3-9,11,13-32,38H2,1-2H3,(H,41,42)(H,43,44)/b12-10-. The molecular formula is C37H70NO10P. The molecule has 0 radical (unpaired) electrons. The lowest BCUT2D eigenvalue weighted by molar-refractivity contribution is -0.161. The molecule has 0 amide bonds. The van der Waals surface area contributed by atoms with Gasteiger partial charge in [-0.15, -0.1) is 0 Å². The fraction of sp³-hybridized carbons (Fsp3) is 0.865. The maximum absolute atomic E-state index is 12.5. The molecule has 3 unspecified atom stereocenters. The van der Waals surface area contributed by atoms with Crippen LogP contribution in [0.1, 0.15) is 174 Å². The van der Waals surface area contributed by atoms with Crippen molar-refractivity contribution >= 4 is 25.7 Å². The second kappa shape index (κ2) is 33.4. The molecule has 0 aromatic heterocycles. The average Bonchev–Trinajstić information content (AvgIpc) is 3.07. The topological polar surface area (TPSA) is 172 Å². The lowest BCUT2D eigenvalue weighted by Gasteiger charge is -2.20. The number of carbonyl (C=O) groups excluding carboxylic acids is 2. The Balaban J connectivity index is 4.41. The normalized spacial score (nSPS) is 14.0. The van der Waals surface area contributed by atoms with Crippen LogP contribution >= 0.6 is 7.82 Å². The van der Waals surface area contributed by atoms with Crippen molar-refractivity contribution in [1.82, 2.24) is 0 Å². The molecule has 0 aromatic rings. The number of esters is 2. The quantitative estimate of drug-likeness (QED) is 0.0244. The molecule has 0 saturated carbocycles. The fourth-order valence-corrected chi connectivity index (χ4v) is 5.94. The zero-order valence-electron chi connectivity index (χ0n) is 30.8. The average molecular weight is 720 g/mol. The van der Waals surface area contributed by atoms with Crippen LogP contribution in [0.2, 0.25) is 0 Å². The number of carbonyl (C=O) groups is 3. The summed E-state index contributed by atoms with van der Waals surface area (Å²) in [4.78, 5) is 45.7. The summed E-state index contributed by atoms with van der Waals surface area (Å²) in [6.07, 6.45) is 30.0. The smallest absolute Gasteiger partial charge is 0.472 e. The van der Waals surface area contributed by atoms with Crippen LogP contribution in [0.25, 0.3) is 0 Å². The van der Waals surface area contributed by atoms with Gasteiger partial charge >= 0.3 is 25.7 Å². The van der Waals surface area contributed by atoms with E-state index in [0.29, 0.717) is 12.8 Å². The van der Waals surface area contributed by atoms with Gasteiger partial charge in [-0.05, 0) is 32.1 Å². The van der Waals surface area contributed by atoms with Gasteiger partial charge in [0.1, 0.15) is 12.6 Å². The molecular weight excluding hydrogens is 649 g/mol. The van der Waals surface area contributed by atoms with Gasteiger partial charge in [0.15, 0.2) is 6.10 Å². The van der Waals surface area contributed by atoms with Crippen LogP contribution in [0.15, 0.2) is 12.2 Å². The van der Waals surface area contributed by atoms with Crippen LogP contribution in [0, 0.1) is 0 Å². The number of nitrogens with two attached hydrogens (primary N) is 1. The first-order valence-electron chi connectivity index (χ1n) is 19.2. The number of aliphatic carboxylic acids is 1. The monoisotopic (exact) mass is 719 g/mol. The third-order valence-corrected chi connectivity index (χ3v) is 9.21. The van der Waals surface area contributed by atoms with Gasteiger partial charge in [0.2, 0.25) is 0 Å². The number of unbranched alkanes of at least 4 members (excludes halogenated alkanes) is 20. The van der Waals surface area contributed by atoms with Crippen molar-refractivity contribution in [2.75, 3.05) is 19.8 Å². The summed E-state index contributed by atoms with van der Waals surface area (Å²) in [6, 6.07) is -1.52. The van der Waals surface area contributed by atoms with E-state index in [1.54, 1.807) is 0 Å². The van der Waals surface area contributed by atoms with Crippen molar-refractivity contribution in [3.05, 3.63) is 12.2 Å². The molecule has 49 heavy (non-hydrogen) atoms. The van der Waals surface area contributed by atoms with Gasteiger partial charge in [-0.1, -0.05) is 142 Å². The Morgan fingerprint density at radius 2 is 1.04 bits per heavy atom. The van der Waals surface area contributed by atoms with E-state index in [0.717, 1.165) is 57.8 Å². The molecule has 12 heteroatoms. The van der Waals surface area contributed by atoms with Gasteiger partial charge < -0.3 is 25.2 Å². The SMILES string of the molecule is CCCC/C=C\CCCCCCCC(=O)OC(COC(=O)CCCCCCCCCCCCCCCC)COP(=O)(O)OCC(N)C(=O)O. The second-order valence-electron chi connectivity index (χ2n) is 13.1. The van der Waals surface area contributed by atoms with Crippen molar-refractivity contribution < 1.29 is 47.5 Å². The maximum atomic E-state index is 12.5. The van der Waals surface area contributed by atoms with Crippen LogP contribution in [0.3, 0.4) is 0 Å². The van der Waals surface area contributed by atoms with Gasteiger partial charge in [0.25, 0.3) is 0 Å². The Kier molecular flexibility index (Phi) is 32.2. The Hall–Kier alpha value is -1.78. The molecule has 0 aromatic carbocycles. The lowest BCUT2D eigenvalue weighted by atomic mass is 10.0. The molecule has 0 rings (SSSR count). The maximum Gasteiger partial charge on any atom is 0.472 e. The Morgan fingerprint density at radius 3 is 1.55 bits per heavy atom. The first kappa shape index (κ1) is 47.2. The minimum absolute atomic E-state index is 0.154. The van der Waals surface area contributed by atoms with Gasteiger partial charge in [-0.25, -0.2) is 4.57 Å². The van der Waals surface area contributed by atoms with E-state index >= 15 is 0 Å². The number of phosphoric acid groups is 1. The Labute approximate surface area is 297 Å². The van der Waals surface area contributed by atoms with E-state index < -0.39 is 51.1 Å². The number of carboxylic acid groups (broad SMARTS) is 1. The molecule has 0 fully saturated rings. The molecule has 3 atom stereocenters. The van der Waals surface area contributed by atoms with Crippen molar-refractivity contribution in [1.29, 1.82) is 0 Å². The lowest BCUT2D eigenvalue weighted by Crippen LogP contribution is -2.34. The van der Waals surface area contributed by atoms with E-state index in [-0.39, 0.29) is 19.4 Å². The predicted octanol–water partition coefficient (Wildman–Crippen LogP) is 9.34. The minimum atomic E-state index is -4.70. The molecule has 0 bridgehead atoms. The first-order valence-corrected chi connectivity index (χ1v) is 20.7. The molecule has 0 aliphatic heterocycles. The highest BCUT2D eigenvalue weighted by Gasteiger charge is 2.28. The van der Waals surface area contributed by atoms with Gasteiger partial charge in [-0.2, -0.15) is 0 Å². The largest absolute Gasteiger partial charge is 0.480 e. The number of allylic oxidation sites excluding steroid dienone is 2. The fourth-order valence-electron chi connectivity index (χ4n) is 5.16. The van der Waals surface area contributed by atoms with E-state index in [1.165, 1.54) is 77.0 Å². The summed E-state index contributed by atoms with van der Waals surface area (Å²) < 4.78 is 32.5. The molecule has 11 nitrogen and oxygen atoms in total. The zero-order valence-corrected chi connectivity index (χ0v) is 31.7. The molecule has 0 spiro atoms. The molecule has 0 aliphatic rings. The van der Waals surface area contributed by atoms with Gasteiger partial charge in [-0.3, -0.25) is 23.4 Å². The van der Waals surface area contributed by atoms with Crippen LogP contribution < -0.4 is 5.73 Å². The van der Waals surface area contributed by atoms with Crippen LogP contribution in [-0.4, -0.2) is 59.9 Å². The predicted molar refractivity (Wildman–Crippen MR) is 194 cm³/mol.